The largest absolute Gasteiger partial charge is 0.508 e. The Kier molecular flexibility index (Phi) is 11.7. The third kappa shape index (κ3) is 10.2. The predicted octanol–water partition coefficient (Wildman–Crippen LogP) is -2.22. The highest BCUT2D eigenvalue weighted by Gasteiger charge is 2.26. The van der Waals surface area contributed by atoms with Crippen molar-refractivity contribution in [1.29, 1.82) is 0 Å². The Hall–Kier alpha value is -4.49. The maximum absolute atomic E-state index is 12.6. The maximum Gasteiger partial charge on any atom is 0.328 e. The van der Waals surface area contributed by atoms with Crippen molar-refractivity contribution in [2.24, 2.45) is 5.73 Å². The molecule has 3 atom stereocenters. The number of aliphatic carboxylic acids is 1. The summed E-state index contributed by atoms with van der Waals surface area (Å²) in [5, 5.41) is 36.8. The summed E-state index contributed by atoms with van der Waals surface area (Å²) in [7, 11) is 0. The van der Waals surface area contributed by atoms with Gasteiger partial charge in [-0.25, -0.2) is 4.79 Å². The van der Waals surface area contributed by atoms with E-state index in [1.54, 1.807) is 42.5 Å². The number of amides is 4. The van der Waals surface area contributed by atoms with Crippen LogP contribution in [0.15, 0.2) is 54.6 Å². The summed E-state index contributed by atoms with van der Waals surface area (Å²) in [6.45, 7) is -1.80. The lowest BCUT2D eigenvalue weighted by atomic mass is 10.0. The summed E-state index contributed by atoms with van der Waals surface area (Å²) in [5.74, 6) is -4.20. The average molecular weight is 530 g/mol. The van der Waals surface area contributed by atoms with Crippen molar-refractivity contribution in [1.82, 2.24) is 21.3 Å². The second-order valence-electron chi connectivity index (χ2n) is 8.36. The zero-order chi connectivity index (χ0) is 28.1. The van der Waals surface area contributed by atoms with Crippen LogP contribution in [-0.2, 0) is 36.8 Å². The van der Waals surface area contributed by atoms with Crippen LogP contribution >= 0.6 is 0 Å². The number of carbonyl (C=O) groups is 5. The van der Waals surface area contributed by atoms with Crippen LogP contribution in [0.1, 0.15) is 11.1 Å². The van der Waals surface area contributed by atoms with E-state index in [2.05, 4.69) is 21.3 Å². The van der Waals surface area contributed by atoms with Gasteiger partial charge in [0.2, 0.25) is 23.6 Å². The Morgan fingerprint density at radius 2 is 1.34 bits per heavy atom. The molecule has 0 fully saturated rings. The van der Waals surface area contributed by atoms with Crippen LogP contribution in [0.4, 0.5) is 0 Å². The number of phenolic OH excluding ortho intramolecular Hbond substituents is 1. The molecule has 0 radical (unpaired) electrons. The van der Waals surface area contributed by atoms with E-state index in [0.717, 1.165) is 0 Å². The Morgan fingerprint density at radius 1 is 0.737 bits per heavy atom. The number of rotatable bonds is 14. The molecule has 4 amide bonds. The minimum Gasteiger partial charge on any atom is -0.508 e. The van der Waals surface area contributed by atoms with Crippen LogP contribution in [0.3, 0.4) is 0 Å². The van der Waals surface area contributed by atoms with Crippen LogP contribution < -0.4 is 27.0 Å². The van der Waals surface area contributed by atoms with Crippen molar-refractivity contribution in [2.75, 3.05) is 19.7 Å². The summed E-state index contributed by atoms with van der Waals surface area (Å²) in [6, 6.07) is 11.1. The topological polar surface area (TPSA) is 220 Å². The van der Waals surface area contributed by atoms with Gasteiger partial charge in [0.1, 0.15) is 17.8 Å². The Labute approximate surface area is 218 Å². The minimum atomic E-state index is -1.55. The van der Waals surface area contributed by atoms with Crippen LogP contribution in [0, 0.1) is 0 Å². The quantitative estimate of drug-likeness (QED) is 0.133. The number of carboxylic acids is 1. The van der Waals surface area contributed by atoms with Gasteiger partial charge in [-0.2, -0.15) is 0 Å². The first kappa shape index (κ1) is 29.7. The predicted molar refractivity (Wildman–Crippen MR) is 135 cm³/mol. The molecule has 0 saturated heterocycles. The lowest BCUT2D eigenvalue weighted by molar-refractivity contribution is -0.143. The molecule has 0 spiro atoms. The van der Waals surface area contributed by atoms with Crippen LogP contribution in [0.25, 0.3) is 0 Å². The van der Waals surface area contributed by atoms with Gasteiger partial charge in [-0.1, -0.05) is 42.5 Å². The number of hydrogen-bond donors (Lipinski definition) is 8. The fraction of sp³-hybridized carbons (Fsp3) is 0.320. The summed E-state index contributed by atoms with van der Waals surface area (Å²) in [4.78, 5) is 60.4. The number of nitrogens with two attached hydrogens (primary N) is 1. The molecule has 204 valence electrons. The Bertz CT molecular complexity index is 1110. The number of aliphatic hydroxyl groups is 1. The van der Waals surface area contributed by atoms with E-state index < -0.39 is 67.4 Å². The normalized spacial score (nSPS) is 12.9. The Balaban J connectivity index is 1.85. The van der Waals surface area contributed by atoms with Gasteiger partial charge >= 0.3 is 5.97 Å². The number of aliphatic hydroxyl groups excluding tert-OH is 1. The lowest BCUT2D eigenvalue weighted by Gasteiger charge is -2.21. The monoisotopic (exact) mass is 529 g/mol. The van der Waals surface area contributed by atoms with Crippen molar-refractivity contribution in [3.8, 4) is 5.75 Å². The zero-order valence-electron chi connectivity index (χ0n) is 20.4. The zero-order valence-corrected chi connectivity index (χ0v) is 20.4. The van der Waals surface area contributed by atoms with Crippen molar-refractivity contribution < 1.29 is 39.3 Å². The van der Waals surface area contributed by atoms with Crippen molar-refractivity contribution in [2.45, 2.75) is 31.0 Å². The standard InChI is InChI=1S/C25H31N5O8/c26-18(10-16-6-8-17(32)9-7-16)23(35)28-12-21(33)27-13-22(34)29-19(11-15-4-2-1-3-5-15)24(36)30-20(14-31)25(37)38/h1-9,18-20,31-32H,10-14,26H2,(H,27,33)(H,28,35)(H,29,34)(H,30,36)(H,37,38)/t18-,19-,20-/m0/s1. The van der Waals surface area contributed by atoms with E-state index in [1.807, 2.05) is 0 Å². The lowest BCUT2D eigenvalue weighted by Crippen LogP contribution is -2.55. The van der Waals surface area contributed by atoms with Crippen molar-refractivity contribution in [3.05, 3.63) is 65.7 Å². The highest BCUT2D eigenvalue weighted by molar-refractivity contribution is 5.93. The third-order valence-corrected chi connectivity index (χ3v) is 5.33. The number of carboxylic acid groups (broad SMARTS) is 1. The van der Waals surface area contributed by atoms with Gasteiger partial charge in [0.25, 0.3) is 0 Å². The van der Waals surface area contributed by atoms with E-state index in [1.165, 1.54) is 12.1 Å². The van der Waals surface area contributed by atoms with E-state index in [4.69, 9.17) is 10.8 Å². The number of carbonyl (C=O) groups excluding carboxylic acids is 4. The number of benzene rings is 2. The molecule has 0 bridgehead atoms. The third-order valence-electron chi connectivity index (χ3n) is 5.33. The molecule has 0 aliphatic rings. The molecule has 0 heterocycles. The molecule has 13 nitrogen and oxygen atoms in total. The average Bonchev–Trinajstić information content (AvgIpc) is 2.90. The van der Waals surface area contributed by atoms with Gasteiger partial charge in [-0.05, 0) is 29.7 Å². The van der Waals surface area contributed by atoms with Crippen LogP contribution in [-0.4, -0.2) is 82.7 Å². The number of aromatic hydroxyl groups is 1. The fourth-order valence-corrected chi connectivity index (χ4v) is 3.28. The SMILES string of the molecule is N[C@@H](Cc1ccc(O)cc1)C(=O)NCC(=O)NCC(=O)N[C@@H](Cc1ccccc1)C(=O)N[C@@H](CO)C(=O)O. The molecule has 2 rings (SSSR count). The molecule has 0 saturated carbocycles. The number of hydrogen-bond acceptors (Lipinski definition) is 8. The number of nitrogens with one attached hydrogen (secondary N) is 4. The van der Waals surface area contributed by atoms with Crippen molar-refractivity contribution >= 4 is 29.6 Å². The molecule has 0 aliphatic carbocycles. The summed E-state index contributed by atoms with van der Waals surface area (Å²) < 4.78 is 0. The Morgan fingerprint density at radius 3 is 1.95 bits per heavy atom. The molecule has 13 heteroatoms. The second-order valence-corrected chi connectivity index (χ2v) is 8.36. The van der Waals surface area contributed by atoms with Gasteiger partial charge < -0.3 is 42.3 Å². The first-order valence-corrected chi connectivity index (χ1v) is 11.6. The minimum absolute atomic E-state index is 0.0269. The molecule has 0 aromatic heterocycles. The summed E-state index contributed by atoms with van der Waals surface area (Å²) in [6.07, 6.45) is 0.207. The van der Waals surface area contributed by atoms with Crippen LogP contribution in [0.5, 0.6) is 5.75 Å². The van der Waals surface area contributed by atoms with Gasteiger partial charge in [0.15, 0.2) is 0 Å². The maximum atomic E-state index is 12.6. The van der Waals surface area contributed by atoms with Gasteiger partial charge in [-0.15, -0.1) is 0 Å². The highest BCUT2D eigenvalue weighted by Crippen LogP contribution is 2.11. The molecule has 2 aromatic rings. The van der Waals surface area contributed by atoms with E-state index in [-0.39, 0.29) is 18.6 Å². The van der Waals surface area contributed by atoms with Gasteiger partial charge in [0, 0.05) is 6.42 Å². The van der Waals surface area contributed by atoms with Gasteiger partial charge in [0.05, 0.1) is 25.7 Å². The van der Waals surface area contributed by atoms with Gasteiger partial charge in [-0.3, -0.25) is 19.2 Å². The van der Waals surface area contributed by atoms with E-state index >= 15 is 0 Å². The molecular weight excluding hydrogens is 498 g/mol. The summed E-state index contributed by atoms with van der Waals surface area (Å²) in [5.41, 5.74) is 7.24. The van der Waals surface area contributed by atoms with E-state index in [0.29, 0.717) is 11.1 Å². The fourth-order valence-electron chi connectivity index (χ4n) is 3.28. The second kappa shape index (κ2) is 14.9. The molecule has 38 heavy (non-hydrogen) atoms. The molecule has 0 unspecified atom stereocenters. The summed E-state index contributed by atoms with van der Waals surface area (Å²) >= 11 is 0. The van der Waals surface area contributed by atoms with Crippen LogP contribution in [0.2, 0.25) is 0 Å². The number of phenols is 1. The van der Waals surface area contributed by atoms with E-state index in [9.17, 15) is 34.2 Å². The molecule has 0 aliphatic heterocycles. The highest BCUT2D eigenvalue weighted by atomic mass is 16.4. The molecular formula is C25H31N5O8. The molecule has 9 N–H and O–H groups in total. The first-order chi connectivity index (χ1) is 18.1. The van der Waals surface area contributed by atoms with Crippen molar-refractivity contribution in [3.63, 3.8) is 0 Å². The first-order valence-electron chi connectivity index (χ1n) is 11.6. The molecule has 2 aromatic carbocycles. The smallest absolute Gasteiger partial charge is 0.328 e.